The molecule has 0 atom stereocenters. The summed E-state index contributed by atoms with van der Waals surface area (Å²) in [7, 11) is 1.19. The van der Waals surface area contributed by atoms with Gasteiger partial charge in [-0.3, -0.25) is 0 Å². The van der Waals surface area contributed by atoms with Crippen LogP contribution in [0.4, 0.5) is 0 Å². The Morgan fingerprint density at radius 2 is 1.83 bits per heavy atom. The Labute approximate surface area is 162 Å². The smallest absolute Gasteiger partial charge is 0.193 e. The number of halogens is 1. The van der Waals surface area contributed by atoms with Crippen molar-refractivity contribution in [3.8, 4) is 0 Å². The van der Waals surface area contributed by atoms with E-state index in [1.807, 2.05) is 37.2 Å². The van der Waals surface area contributed by atoms with Crippen LogP contribution >= 0.6 is 24.0 Å². The molecule has 0 amide bonds. The van der Waals surface area contributed by atoms with Crippen LogP contribution in [0.3, 0.4) is 0 Å². The minimum absolute atomic E-state index is 0. The Bertz CT molecular complexity index is 604. The zero-order chi connectivity index (χ0) is 16.7. The molecule has 2 rings (SSSR count). The summed E-state index contributed by atoms with van der Waals surface area (Å²) in [6.07, 6.45) is 2.58. The van der Waals surface area contributed by atoms with E-state index in [0.29, 0.717) is 24.0 Å². The molecule has 0 radical (unpaired) electrons. The van der Waals surface area contributed by atoms with Crippen molar-refractivity contribution < 1.29 is 8.42 Å². The van der Waals surface area contributed by atoms with Crippen LogP contribution in [0, 0.1) is 5.92 Å². The summed E-state index contributed by atoms with van der Waals surface area (Å²) in [5, 5.41) is 3.38. The fourth-order valence-corrected chi connectivity index (χ4v) is 4.31. The molecular weight excluding hydrogens is 437 g/mol. The number of nitrogens with zero attached hydrogens (tertiary/aromatic N) is 2. The van der Waals surface area contributed by atoms with Crippen molar-refractivity contribution in [3.63, 3.8) is 0 Å². The Morgan fingerprint density at radius 3 is 2.42 bits per heavy atom. The first-order valence-electron chi connectivity index (χ1n) is 8.16. The summed E-state index contributed by atoms with van der Waals surface area (Å²) in [5.74, 6) is 2.07. The van der Waals surface area contributed by atoms with E-state index in [0.717, 1.165) is 31.8 Å². The molecule has 1 aromatic rings. The Kier molecular flexibility index (Phi) is 9.04. The second kappa shape index (κ2) is 10.2. The largest absolute Gasteiger partial charge is 0.356 e. The zero-order valence-electron chi connectivity index (χ0n) is 14.4. The fourth-order valence-electron chi connectivity index (χ4n) is 2.72. The summed E-state index contributed by atoms with van der Waals surface area (Å²) in [4.78, 5) is 6.62. The molecule has 0 bridgehead atoms. The third kappa shape index (κ3) is 7.38. The molecule has 1 saturated heterocycles. The minimum Gasteiger partial charge on any atom is -0.356 e. The molecule has 24 heavy (non-hydrogen) atoms. The average molecular weight is 465 g/mol. The van der Waals surface area contributed by atoms with Gasteiger partial charge in [0.1, 0.15) is 9.84 Å². The number of nitrogens with one attached hydrogen (secondary N) is 1. The molecule has 7 heteroatoms. The molecule has 1 aliphatic heterocycles. The second-order valence-corrected chi connectivity index (χ2v) is 8.63. The van der Waals surface area contributed by atoms with Gasteiger partial charge in [0.25, 0.3) is 0 Å². The first kappa shape index (κ1) is 21.2. The molecule has 0 unspecified atom stereocenters. The molecule has 1 aromatic carbocycles. The normalized spacial score (nSPS) is 17.8. The fraction of sp³-hybridized carbons (Fsp3) is 0.588. The van der Waals surface area contributed by atoms with Crippen LogP contribution in [0.5, 0.6) is 0 Å². The van der Waals surface area contributed by atoms with Crippen molar-refractivity contribution in [1.82, 2.24) is 10.2 Å². The van der Waals surface area contributed by atoms with Crippen LogP contribution in [0.2, 0.25) is 0 Å². The van der Waals surface area contributed by atoms with Crippen molar-refractivity contribution in [2.24, 2.45) is 10.9 Å². The summed E-state index contributed by atoms with van der Waals surface area (Å²) in [6, 6.07) is 10.2. The van der Waals surface area contributed by atoms with E-state index in [4.69, 9.17) is 0 Å². The maximum Gasteiger partial charge on any atom is 0.193 e. The molecule has 5 nitrogen and oxygen atoms in total. The van der Waals surface area contributed by atoms with Crippen LogP contribution in [-0.2, 0) is 16.4 Å². The summed E-state index contributed by atoms with van der Waals surface area (Å²) >= 11 is 0. The standard InChI is InChI=1S/C17H27N3O2S.HI/c1-20(2)17(19-14-16-6-4-3-5-7-16)18-11-8-15-9-12-23(21,22)13-10-15;/h3-7,15H,8-14H2,1-2H3,(H,18,19);1H. The molecule has 1 fully saturated rings. The van der Waals surface area contributed by atoms with Crippen molar-refractivity contribution in [2.45, 2.75) is 25.8 Å². The van der Waals surface area contributed by atoms with Crippen LogP contribution in [0.15, 0.2) is 35.3 Å². The van der Waals surface area contributed by atoms with Crippen molar-refractivity contribution >= 4 is 39.8 Å². The number of hydrogen-bond acceptors (Lipinski definition) is 3. The summed E-state index contributed by atoms with van der Waals surface area (Å²) in [6.45, 7) is 1.49. The lowest BCUT2D eigenvalue weighted by molar-refractivity contribution is 0.430. The second-order valence-electron chi connectivity index (χ2n) is 6.33. The maximum atomic E-state index is 11.4. The lowest BCUT2D eigenvalue weighted by atomic mass is 9.99. The van der Waals surface area contributed by atoms with E-state index in [-0.39, 0.29) is 24.0 Å². The highest BCUT2D eigenvalue weighted by molar-refractivity contribution is 14.0. The minimum atomic E-state index is -2.76. The van der Waals surface area contributed by atoms with E-state index in [1.165, 1.54) is 5.56 Å². The van der Waals surface area contributed by atoms with Gasteiger partial charge in [0, 0.05) is 20.6 Å². The highest BCUT2D eigenvalue weighted by Crippen LogP contribution is 2.21. The van der Waals surface area contributed by atoms with Crippen LogP contribution in [-0.4, -0.2) is 51.4 Å². The summed E-state index contributed by atoms with van der Waals surface area (Å²) in [5.41, 5.74) is 1.19. The predicted molar refractivity (Wildman–Crippen MR) is 111 cm³/mol. The number of rotatable bonds is 5. The molecule has 0 saturated carbocycles. The molecule has 136 valence electrons. The van der Waals surface area contributed by atoms with Crippen molar-refractivity contribution in [3.05, 3.63) is 35.9 Å². The predicted octanol–water partition coefficient (Wildman–Crippen LogP) is 2.53. The average Bonchev–Trinajstić information content (AvgIpc) is 2.52. The Hall–Kier alpha value is -0.830. The van der Waals surface area contributed by atoms with E-state index in [2.05, 4.69) is 22.4 Å². The molecule has 1 aliphatic rings. The molecule has 0 aliphatic carbocycles. The highest BCUT2D eigenvalue weighted by atomic mass is 127. The van der Waals surface area contributed by atoms with Gasteiger partial charge in [0.05, 0.1) is 18.1 Å². The molecule has 0 aromatic heterocycles. The lowest BCUT2D eigenvalue weighted by Gasteiger charge is -2.23. The van der Waals surface area contributed by atoms with Crippen LogP contribution in [0.1, 0.15) is 24.8 Å². The topological polar surface area (TPSA) is 61.8 Å². The molecule has 1 heterocycles. The third-order valence-corrected chi connectivity index (χ3v) is 5.90. The number of hydrogen-bond donors (Lipinski definition) is 1. The first-order valence-corrected chi connectivity index (χ1v) is 9.98. The van der Waals surface area contributed by atoms with Crippen LogP contribution < -0.4 is 5.32 Å². The number of guanidine groups is 1. The van der Waals surface area contributed by atoms with Crippen LogP contribution in [0.25, 0.3) is 0 Å². The van der Waals surface area contributed by atoms with Gasteiger partial charge in [-0.2, -0.15) is 0 Å². The van der Waals surface area contributed by atoms with Gasteiger partial charge in [-0.25, -0.2) is 13.4 Å². The molecule has 0 spiro atoms. The van der Waals surface area contributed by atoms with Gasteiger partial charge in [-0.1, -0.05) is 30.3 Å². The quantitative estimate of drug-likeness (QED) is 0.413. The van der Waals surface area contributed by atoms with E-state index in [9.17, 15) is 8.42 Å². The Morgan fingerprint density at radius 1 is 1.21 bits per heavy atom. The third-order valence-electron chi connectivity index (χ3n) is 4.19. The number of benzene rings is 1. The number of aliphatic imine (C=N–C) groups is 1. The van der Waals surface area contributed by atoms with E-state index >= 15 is 0 Å². The van der Waals surface area contributed by atoms with Crippen molar-refractivity contribution in [1.29, 1.82) is 0 Å². The molecular formula is C17H28IN3O2S. The Balaban J connectivity index is 0.00000288. The van der Waals surface area contributed by atoms with E-state index in [1.54, 1.807) is 0 Å². The zero-order valence-corrected chi connectivity index (χ0v) is 17.6. The first-order chi connectivity index (χ1) is 11.0. The van der Waals surface area contributed by atoms with Gasteiger partial charge in [-0.05, 0) is 30.7 Å². The maximum absolute atomic E-state index is 11.4. The lowest BCUT2D eigenvalue weighted by Crippen LogP contribution is -2.38. The molecule has 1 N–H and O–H groups in total. The SMILES string of the molecule is CN(C)C(=NCc1ccccc1)NCCC1CCS(=O)(=O)CC1.I. The number of sulfone groups is 1. The summed E-state index contributed by atoms with van der Waals surface area (Å²) < 4.78 is 22.9. The van der Waals surface area contributed by atoms with Gasteiger partial charge in [0.15, 0.2) is 5.96 Å². The van der Waals surface area contributed by atoms with Gasteiger partial charge < -0.3 is 10.2 Å². The van der Waals surface area contributed by atoms with Gasteiger partial charge in [-0.15, -0.1) is 24.0 Å². The van der Waals surface area contributed by atoms with Gasteiger partial charge in [0.2, 0.25) is 0 Å². The highest BCUT2D eigenvalue weighted by Gasteiger charge is 2.23. The van der Waals surface area contributed by atoms with Crippen molar-refractivity contribution in [2.75, 3.05) is 32.1 Å². The monoisotopic (exact) mass is 465 g/mol. The van der Waals surface area contributed by atoms with E-state index < -0.39 is 9.84 Å². The van der Waals surface area contributed by atoms with Gasteiger partial charge >= 0.3 is 0 Å².